The van der Waals surface area contributed by atoms with Gasteiger partial charge in [-0.2, -0.15) is 5.10 Å². The number of rotatable bonds is 7. The summed E-state index contributed by atoms with van der Waals surface area (Å²) in [5.74, 6) is 2.12. The maximum absolute atomic E-state index is 5.27. The predicted octanol–water partition coefficient (Wildman–Crippen LogP) is 3.62. The van der Waals surface area contributed by atoms with Gasteiger partial charge in [0.1, 0.15) is 5.75 Å². The maximum atomic E-state index is 5.27. The summed E-state index contributed by atoms with van der Waals surface area (Å²) < 4.78 is 15.6. The van der Waals surface area contributed by atoms with Gasteiger partial charge in [-0.25, -0.2) is 0 Å². The zero-order valence-electron chi connectivity index (χ0n) is 15.3. The summed E-state index contributed by atoms with van der Waals surface area (Å²) in [5.41, 5.74) is 5.69. The Labute approximate surface area is 159 Å². The zero-order valence-corrected chi connectivity index (χ0v) is 16.1. The molecule has 0 spiro atoms. The lowest BCUT2D eigenvalue weighted by Crippen LogP contribution is -2.25. The van der Waals surface area contributed by atoms with Crippen LogP contribution >= 0.6 is 12.2 Å². The second-order valence-corrected chi connectivity index (χ2v) is 5.92. The second-order valence-electron chi connectivity index (χ2n) is 5.51. The lowest BCUT2D eigenvalue weighted by molar-refractivity contribution is 0.355. The molecule has 0 saturated carbocycles. The molecule has 0 bridgehead atoms. The molecule has 0 saturated heterocycles. The molecule has 2 rings (SSSR count). The monoisotopic (exact) mass is 373 g/mol. The van der Waals surface area contributed by atoms with Crippen molar-refractivity contribution in [3.8, 4) is 17.2 Å². The molecule has 2 aromatic rings. The molecule has 0 aliphatic carbocycles. The molecule has 7 heteroatoms. The molecule has 0 radical (unpaired) electrons. The van der Waals surface area contributed by atoms with Crippen LogP contribution in [0.1, 0.15) is 12.5 Å². The van der Waals surface area contributed by atoms with E-state index < -0.39 is 0 Å². The van der Waals surface area contributed by atoms with Crippen LogP contribution in [0.5, 0.6) is 17.2 Å². The Balaban J connectivity index is 1.91. The van der Waals surface area contributed by atoms with Crippen molar-refractivity contribution in [2.24, 2.45) is 5.10 Å². The minimum Gasteiger partial charge on any atom is -0.497 e. The van der Waals surface area contributed by atoms with Crippen LogP contribution in [0.4, 0.5) is 5.69 Å². The Morgan fingerprint density at radius 1 is 0.962 bits per heavy atom. The van der Waals surface area contributed by atoms with E-state index in [4.69, 9.17) is 26.4 Å². The molecule has 2 N–H and O–H groups in total. The van der Waals surface area contributed by atoms with Gasteiger partial charge in [-0.1, -0.05) is 12.1 Å². The second kappa shape index (κ2) is 9.62. The number of hydrogen-bond donors (Lipinski definition) is 2. The van der Waals surface area contributed by atoms with Gasteiger partial charge < -0.3 is 19.5 Å². The summed E-state index contributed by atoms with van der Waals surface area (Å²) in [5, 5.41) is 7.77. The zero-order chi connectivity index (χ0) is 18.9. The first-order valence-electron chi connectivity index (χ1n) is 8.00. The summed E-state index contributed by atoms with van der Waals surface area (Å²) in [7, 11) is 4.83. The van der Waals surface area contributed by atoms with Crippen molar-refractivity contribution >= 4 is 28.7 Å². The van der Waals surface area contributed by atoms with Crippen LogP contribution in [0.15, 0.2) is 47.6 Å². The highest BCUT2D eigenvalue weighted by Gasteiger charge is 2.05. The van der Waals surface area contributed by atoms with E-state index in [1.54, 1.807) is 27.4 Å². The topological polar surface area (TPSA) is 64.1 Å². The minimum absolute atomic E-state index is 0.395. The number of benzene rings is 2. The summed E-state index contributed by atoms with van der Waals surface area (Å²) in [6.07, 6.45) is 0.718. The first kappa shape index (κ1) is 19.5. The number of anilines is 1. The third-order valence-electron chi connectivity index (χ3n) is 3.61. The smallest absolute Gasteiger partial charge is 0.191 e. The highest BCUT2D eigenvalue weighted by atomic mass is 32.1. The van der Waals surface area contributed by atoms with Crippen LogP contribution < -0.4 is 25.0 Å². The van der Waals surface area contributed by atoms with E-state index in [0.717, 1.165) is 29.1 Å². The van der Waals surface area contributed by atoms with Gasteiger partial charge in [-0.05, 0) is 49.0 Å². The van der Waals surface area contributed by atoms with E-state index in [-0.39, 0.29) is 0 Å². The number of nitrogens with zero attached hydrogens (tertiary/aromatic N) is 1. The third-order valence-corrected chi connectivity index (χ3v) is 3.80. The van der Waals surface area contributed by atoms with Gasteiger partial charge in [0.15, 0.2) is 16.6 Å². The molecule has 0 amide bonds. The van der Waals surface area contributed by atoms with E-state index in [9.17, 15) is 0 Å². The summed E-state index contributed by atoms with van der Waals surface area (Å²) in [6, 6.07) is 13.3. The lowest BCUT2D eigenvalue weighted by atomic mass is 10.1. The highest BCUT2D eigenvalue weighted by Crippen LogP contribution is 2.29. The van der Waals surface area contributed by atoms with Gasteiger partial charge in [-0.3, -0.25) is 5.43 Å². The summed E-state index contributed by atoms with van der Waals surface area (Å²) in [6.45, 7) is 1.94. The molecular formula is C19H23N3O3S. The molecule has 6 nitrogen and oxygen atoms in total. The fraction of sp³-hybridized carbons (Fsp3) is 0.263. The van der Waals surface area contributed by atoms with E-state index in [1.165, 1.54) is 0 Å². The fourth-order valence-corrected chi connectivity index (χ4v) is 2.46. The van der Waals surface area contributed by atoms with Crippen LogP contribution in [-0.4, -0.2) is 32.2 Å². The largest absolute Gasteiger partial charge is 0.497 e. The molecular weight excluding hydrogens is 350 g/mol. The molecule has 138 valence electrons. The van der Waals surface area contributed by atoms with Gasteiger partial charge in [0.2, 0.25) is 0 Å². The molecule has 2 aromatic carbocycles. The van der Waals surface area contributed by atoms with Crippen LogP contribution in [0.3, 0.4) is 0 Å². The van der Waals surface area contributed by atoms with E-state index in [1.807, 2.05) is 43.3 Å². The molecule has 0 atom stereocenters. The van der Waals surface area contributed by atoms with Gasteiger partial charge in [-0.15, -0.1) is 0 Å². The van der Waals surface area contributed by atoms with Gasteiger partial charge in [0.05, 0.1) is 21.3 Å². The number of methoxy groups -OCH3 is 3. The lowest BCUT2D eigenvalue weighted by Gasteiger charge is -2.12. The number of nitrogens with one attached hydrogen (secondary N) is 2. The molecule has 0 aliphatic heterocycles. The first-order valence-corrected chi connectivity index (χ1v) is 8.41. The number of hydrazone groups is 1. The first-order chi connectivity index (χ1) is 12.5. The third kappa shape index (κ3) is 5.63. The summed E-state index contributed by atoms with van der Waals surface area (Å²) >= 11 is 5.27. The molecule has 26 heavy (non-hydrogen) atoms. The Hall–Kier alpha value is -2.80. The van der Waals surface area contributed by atoms with Gasteiger partial charge >= 0.3 is 0 Å². The van der Waals surface area contributed by atoms with E-state index in [0.29, 0.717) is 16.6 Å². The van der Waals surface area contributed by atoms with Crippen molar-refractivity contribution in [3.05, 3.63) is 48.0 Å². The minimum atomic E-state index is 0.395. The normalized spacial score (nSPS) is 10.8. The van der Waals surface area contributed by atoms with Crippen LogP contribution in [0.2, 0.25) is 0 Å². The van der Waals surface area contributed by atoms with Crippen LogP contribution in [0.25, 0.3) is 0 Å². The van der Waals surface area contributed by atoms with Gasteiger partial charge in [0.25, 0.3) is 0 Å². The summed E-state index contributed by atoms with van der Waals surface area (Å²) in [4.78, 5) is 0. The standard InChI is InChI=1S/C19H23N3O3S/c1-13(11-14-5-8-16(23-2)9-6-14)21-22-19(26)20-15-7-10-17(24-3)18(12-15)25-4/h5-10,12H,11H2,1-4H3,(H2,20,22,26)/b21-13-. The highest BCUT2D eigenvalue weighted by molar-refractivity contribution is 7.80. The Morgan fingerprint density at radius 2 is 1.65 bits per heavy atom. The SMILES string of the molecule is COc1ccc(C/C(C)=N\NC(=S)Nc2ccc(OC)c(OC)c2)cc1. The van der Waals surface area contributed by atoms with Crippen molar-refractivity contribution in [1.82, 2.24) is 5.43 Å². The average molecular weight is 373 g/mol. The Kier molecular flexibility index (Phi) is 7.23. The van der Waals surface area contributed by atoms with Crippen LogP contribution in [0, 0.1) is 0 Å². The van der Waals surface area contributed by atoms with Crippen molar-refractivity contribution < 1.29 is 14.2 Å². The number of ether oxygens (including phenoxy) is 3. The van der Waals surface area contributed by atoms with E-state index in [2.05, 4.69) is 15.8 Å². The quantitative estimate of drug-likeness (QED) is 0.439. The van der Waals surface area contributed by atoms with Crippen LogP contribution in [-0.2, 0) is 6.42 Å². The molecule has 0 aliphatic rings. The number of hydrogen-bond acceptors (Lipinski definition) is 5. The number of thiocarbonyl (C=S) groups is 1. The average Bonchev–Trinajstić information content (AvgIpc) is 2.67. The molecule has 0 aromatic heterocycles. The Morgan fingerprint density at radius 3 is 2.27 bits per heavy atom. The van der Waals surface area contributed by atoms with Crippen molar-refractivity contribution in [3.63, 3.8) is 0 Å². The van der Waals surface area contributed by atoms with Crippen molar-refractivity contribution in [1.29, 1.82) is 0 Å². The molecule has 0 heterocycles. The molecule has 0 fully saturated rings. The van der Waals surface area contributed by atoms with E-state index >= 15 is 0 Å². The maximum Gasteiger partial charge on any atom is 0.191 e. The Bertz CT molecular complexity index is 776. The fourth-order valence-electron chi connectivity index (χ4n) is 2.30. The van der Waals surface area contributed by atoms with Crippen molar-refractivity contribution in [2.75, 3.05) is 26.6 Å². The predicted molar refractivity (Wildman–Crippen MR) is 109 cm³/mol. The van der Waals surface area contributed by atoms with Crippen molar-refractivity contribution in [2.45, 2.75) is 13.3 Å². The molecule has 0 unspecified atom stereocenters. The van der Waals surface area contributed by atoms with Gasteiger partial charge in [0, 0.05) is 23.9 Å².